The molecule has 0 radical (unpaired) electrons. The fourth-order valence-corrected chi connectivity index (χ4v) is 3.91. The molecule has 0 bridgehead atoms. The molecule has 0 aliphatic rings. The minimum atomic E-state index is -0.0153. The number of aromatic nitrogens is 1. The van der Waals surface area contributed by atoms with Crippen molar-refractivity contribution in [3.8, 4) is 5.75 Å². The maximum atomic E-state index is 12.4. The monoisotopic (exact) mass is 388 g/mol. The van der Waals surface area contributed by atoms with E-state index < -0.39 is 0 Å². The highest BCUT2D eigenvalue weighted by Gasteiger charge is 2.12. The van der Waals surface area contributed by atoms with Gasteiger partial charge in [-0.3, -0.25) is 4.79 Å². The number of quaternary nitrogens is 1. The minimum Gasteiger partial charge on any atom is -0.496 e. The fourth-order valence-electron chi connectivity index (χ4n) is 3.91. The standard InChI is InChI=1S/C24H25N3O2/c1-3-27-21-10-6-5-9-19(21)20-14-18(12-13-22(20)27)26-24(28)16-25-15-17-8-4-7-11-23(17)29-2/h4-14,25H,3,15-16H2,1-2H3,(H,26,28)/p+1. The van der Waals surface area contributed by atoms with Gasteiger partial charge in [0.15, 0.2) is 6.54 Å². The number of nitrogens with two attached hydrogens (primary N) is 1. The van der Waals surface area contributed by atoms with Crippen molar-refractivity contribution in [2.75, 3.05) is 19.0 Å². The van der Waals surface area contributed by atoms with Gasteiger partial charge < -0.3 is 19.9 Å². The number of carbonyl (C=O) groups excluding carboxylic acids is 1. The first-order valence-corrected chi connectivity index (χ1v) is 9.95. The first-order valence-electron chi connectivity index (χ1n) is 9.95. The largest absolute Gasteiger partial charge is 0.496 e. The highest BCUT2D eigenvalue weighted by atomic mass is 16.5. The van der Waals surface area contributed by atoms with Crippen molar-refractivity contribution in [3.05, 3.63) is 72.3 Å². The number of aryl methyl sites for hydroxylation is 1. The Hall–Kier alpha value is -3.31. The predicted molar refractivity (Wildman–Crippen MR) is 117 cm³/mol. The number of hydrogen-bond donors (Lipinski definition) is 2. The van der Waals surface area contributed by atoms with E-state index in [0.29, 0.717) is 13.1 Å². The molecule has 5 heteroatoms. The molecule has 0 aliphatic carbocycles. The molecule has 29 heavy (non-hydrogen) atoms. The summed E-state index contributed by atoms with van der Waals surface area (Å²) < 4.78 is 7.67. The van der Waals surface area contributed by atoms with Gasteiger partial charge >= 0.3 is 0 Å². The molecular weight excluding hydrogens is 362 g/mol. The van der Waals surface area contributed by atoms with Gasteiger partial charge in [0.2, 0.25) is 0 Å². The second kappa shape index (κ2) is 8.37. The number of hydrogen-bond acceptors (Lipinski definition) is 2. The Morgan fingerprint density at radius 2 is 1.76 bits per heavy atom. The molecule has 0 unspecified atom stereocenters. The molecule has 3 N–H and O–H groups in total. The Balaban J connectivity index is 1.46. The van der Waals surface area contributed by atoms with Crippen LogP contribution in [0.25, 0.3) is 21.8 Å². The van der Waals surface area contributed by atoms with E-state index in [1.54, 1.807) is 7.11 Å². The average Bonchev–Trinajstić information content (AvgIpc) is 3.07. The van der Waals surface area contributed by atoms with Crippen LogP contribution in [0.5, 0.6) is 5.75 Å². The summed E-state index contributed by atoms with van der Waals surface area (Å²) in [6.45, 7) is 4.11. The van der Waals surface area contributed by atoms with Crippen LogP contribution < -0.4 is 15.4 Å². The van der Waals surface area contributed by atoms with Crippen LogP contribution in [0.3, 0.4) is 0 Å². The Morgan fingerprint density at radius 1 is 1.00 bits per heavy atom. The summed E-state index contributed by atoms with van der Waals surface area (Å²) in [7, 11) is 1.66. The Morgan fingerprint density at radius 3 is 2.59 bits per heavy atom. The molecule has 148 valence electrons. The normalized spacial score (nSPS) is 11.1. The lowest BCUT2D eigenvalue weighted by atomic mass is 10.1. The van der Waals surface area contributed by atoms with Crippen LogP contribution in [0.15, 0.2) is 66.7 Å². The average molecular weight is 388 g/mol. The van der Waals surface area contributed by atoms with Crippen LogP contribution in [-0.2, 0) is 17.9 Å². The third-order valence-corrected chi connectivity index (χ3v) is 5.26. The number of ether oxygens (including phenoxy) is 1. The van der Waals surface area contributed by atoms with Gasteiger partial charge in [-0.15, -0.1) is 0 Å². The zero-order valence-electron chi connectivity index (χ0n) is 16.8. The zero-order chi connectivity index (χ0) is 20.2. The van der Waals surface area contributed by atoms with Gasteiger partial charge in [0.05, 0.1) is 7.11 Å². The first-order chi connectivity index (χ1) is 14.2. The molecule has 4 aromatic rings. The maximum Gasteiger partial charge on any atom is 0.279 e. The molecule has 0 saturated heterocycles. The lowest BCUT2D eigenvalue weighted by Crippen LogP contribution is -2.84. The summed E-state index contributed by atoms with van der Waals surface area (Å²) in [6.07, 6.45) is 0. The van der Waals surface area contributed by atoms with Crippen LogP contribution in [0.1, 0.15) is 12.5 Å². The third kappa shape index (κ3) is 3.82. The van der Waals surface area contributed by atoms with Crippen molar-refractivity contribution >= 4 is 33.4 Å². The van der Waals surface area contributed by atoms with E-state index >= 15 is 0 Å². The second-order valence-electron chi connectivity index (χ2n) is 7.05. The van der Waals surface area contributed by atoms with Crippen molar-refractivity contribution in [2.24, 2.45) is 0 Å². The number of anilines is 1. The Kier molecular flexibility index (Phi) is 5.49. The smallest absolute Gasteiger partial charge is 0.279 e. The van der Waals surface area contributed by atoms with Crippen molar-refractivity contribution in [2.45, 2.75) is 20.0 Å². The van der Waals surface area contributed by atoms with E-state index in [9.17, 15) is 4.79 Å². The fraction of sp³-hybridized carbons (Fsp3) is 0.208. The lowest BCUT2D eigenvalue weighted by molar-refractivity contribution is -0.659. The second-order valence-corrected chi connectivity index (χ2v) is 7.05. The van der Waals surface area contributed by atoms with Crippen LogP contribution in [0.2, 0.25) is 0 Å². The molecule has 0 atom stereocenters. The summed E-state index contributed by atoms with van der Waals surface area (Å²) in [6, 6.07) is 22.4. The van der Waals surface area contributed by atoms with E-state index in [4.69, 9.17) is 4.74 Å². The number of nitrogens with zero attached hydrogens (tertiary/aromatic N) is 1. The number of benzene rings is 3. The number of rotatable bonds is 7. The van der Waals surface area contributed by atoms with Crippen molar-refractivity contribution in [1.82, 2.24) is 4.57 Å². The van der Waals surface area contributed by atoms with Gasteiger partial charge in [-0.05, 0) is 43.3 Å². The van der Waals surface area contributed by atoms with E-state index in [1.807, 2.05) is 35.6 Å². The third-order valence-electron chi connectivity index (χ3n) is 5.26. The summed E-state index contributed by atoms with van der Waals surface area (Å²) in [5.41, 5.74) is 4.32. The van der Waals surface area contributed by atoms with E-state index in [2.05, 4.69) is 53.2 Å². The number of amides is 1. The highest BCUT2D eigenvalue weighted by molar-refractivity contribution is 6.09. The van der Waals surface area contributed by atoms with Gasteiger partial charge in [-0.2, -0.15) is 0 Å². The topological polar surface area (TPSA) is 59.9 Å². The van der Waals surface area contributed by atoms with Crippen LogP contribution in [0, 0.1) is 0 Å². The molecule has 3 aromatic carbocycles. The summed E-state index contributed by atoms with van der Waals surface area (Å²) in [5.74, 6) is 0.834. The molecule has 5 nitrogen and oxygen atoms in total. The van der Waals surface area contributed by atoms with Crippen LogP contribution >= 0.6 is 0 Å². The number of para-hydroxylation sites is 2. The quantitative estimate of drug-likeness (QED) is 0.509. The van der Waals surface area contributed by atoms with Crippen LogP contribution in [0.4, 0.5) is 5.69 Å². The number of carbonyl (C=O) groups is 1. The molecule has 1 amide bonds. The molecule has 0 fully saturated rings. The molecule has 4 rings (SSSR count). The first kappa shape index (κ1) is 19.0. The van der Waals surface area contributed by atoms with Gasteiger partial charge in [0, 0.05) is 39.6 Å². The number of nitrogens with one attached hydrogen (secondary N) is 1. The molecule has 1 heterocycles. The molecule has 1 aromatic heterocycles. The Labute approximate surface area is 170 Å². The molecule has 0 spiro atoms. The summed E-state index contributed by atoms with van der Waals surface area (Å²) >= 11 is 0. The maximum absolute atomic E-state index is 12.4. The van der Waals surface area contributed by atoms with Gasteiger partial charge in [0.1, 0.15) is 12.3 Å². The minimum absolute atomic E-state index is 0.0153. The van der Waals surface area contributed by atoms with E-state index in [0.717, 1.165) is 23.5 Å². The van der Waals surface area contributed by atoms with E-state index in [1.165, 1.54) is 21.8 Å². The molecule has 0 aliphatic heterocycles. The summed E-state index contributed by atoms with van der Waals surface area (Å²) in [4.78, 5) is 12.4. The predicted octanol–water partition coefficient (Wildman–Crippen LogP) is 3.53. The van der Waals surface area contributed by atoms with Gasteiger partial charge in [-0.1, -0.05) is 30.3 Å². The number of methoxy groups -OCH3 is 1. The van der Waals surface area contributed by atoms with E-state index in [-0.39, 0.29) is 5.91 Å². The number of fused-ring (bicyclic) bond motifs is 3. The SMILES string of the molecule is CCn1c2ccccc2c2cc(NC(=O)C[NH2+]Cc3ccccc3OC)ccc21. The van der Waals surface area contributed by atoms with Crippen molar-refractivity contribution in [1.29, 1.82) is 0 Å². The molecule has 0 saturated carbocycles. The van der Waals surface area contributed by atoms with Gasteiger partial charge in [0.25, 0.3) is 5.91 Å². The molecular formula is C24H26N3O2+. The van der Waals surface area contributed by atoms with Crippen molar-refractivity contribution < 1.29 is 14.8 Å². The zero-order valence-corrected chi connectivity index (χ0v) is 16.8. The lowest BCUT2D eigenvalue weighted by Gasteiger charge is -2.08. The highest BCUT2D eigenvalue weighted by Crippen LogP contribution is 2.30. The van der Waals surface area contributed by atoms with Crippen LogP contribution in [-0.4, -0.2) is 24.1 Å². The van der Waals surface area contributed by atoms with Crippen molar-refractivity contribution in [3.63, 3.8) is 0 Å². The van der Waals surface area contributed by atoms with Gasteiger partial charge in [-0.25, -0.2) is 0 Å². The summed E-state index contributed by atoms with van der Waals surface area (Å²) in [5, 5.41) is 7.39. The Bertz CT molecular complexity index is 1160.